The molecular weight excluding hydrogens is 390 g/mol. The highest BCUT2D eigenvalue weighted by atomic mass is 16.5. The van der Waals surface area contributed by atoms with Crippen molar-refractivity contribution in [2.75, 3.05) is 32.8 Å². The number of aliphatic hydroxyl groups excluding tert-OH is 1. The Morgan fingerprint density at radius 2 is 1.84 bits per heavy atom. The number of hydrogen-bond acceptors (Lipinski definition) is 6. The lowest BCUT2D eigenvalue weighted by atomic mass is 10.1. The summed E-state index contributed by atoms with van der Waals surface area (Å²) in [5.74, 6) is 1.61. The highest BCUT2D eigenvalue weighted by Crippen LogP contribution is 2.21. The second kappa shape index (κ2) is 10.5. The number of hydrogen-bond donors (Lipinski definition) is 1. The van der Waals surface area contributed by atoms with Crippen molar-refractivity contribution in [2.24, 2.45) is 0 Å². The maximum Gasteiger partial charge on any atom is 0.233 e. The van der Waals surface area contributed by atoms with Gasteiger partial charge in [-0.3, -0.25) is 14.4 Å². The molecule has 164 valence electrons. The molecule has 0 spiro atoms. The van der Waals surface area contributed by atoms with Crippen LogP contribution in [0.2, 0.25) is 0 Å². The van der Waals surface area contributed by atoms with Gasteiger partial charge < -0.3 is 9.84 Å². The molecule has 0 unspecified atom stereocenters. The third-order valence-electron chi connectivity index (χ3n) is 5.76. The summed E-state index contributed by atoms with van der Waals surface area (Å²) < 4.78 is 7.60. The van der Waals surface area contributed by atoms with Gasteiger partial charge in [-0.25, -0.2) is 9.97 Å². The Morgan fingerprint density at radius 3 is 2.58 bits per heavy atom. The summed E-state index contributed by atoms with van der Waals surface area (Å²) in [5, 5.41) is 9.65. The van der Waals surface area contributed by atoms with Gasteiger partial charge in [0.1, 0.15) is 5.75 Å². The number of piperazine rings is 1. The molecule has 3 heterocycles. The van der Waals surface area contributed by atoms with Crippen LogP contribution in [0.1, 0.15) is 24.6 Å². The summed E-state index contributed by atoms with van der Waals surface area (Å²) >= 11 is 0. The van der Waals surface area contributed by atoms with E-state index in [-0.39, 0.29) is 6.61 Å². The smallest absolute Gasteiger partial charge is 0.233 e. The Hall–Kier alpha value is -2.74. The Kier molecular flexibility index (Phi) is 7.30. The maximum absolute atomic E-state index is 9.65. The fourth-order valence-corrected chi connectivity index (χ4v) is 4.21. The van der Waals surface area contributed by atoms with Gasteiger partial charge in [-0.05, 0) is 49.2 Å². The average Bonchev–Trinajstić information content (AvgIpc) is 3.26. The third kappa shape index (κ3) is 5.50. The van der Waals surface area contributed by atoms with Gasteiger partial charge in [0.2, 0.25) is 5.95 Å². The first-order valence-electron chi connectivity index (χ1n) is 11.0. The normalized spacial score (nSPS) is 17.7. The van der Waals surface area contributed by atoms with E-state index in [1.165, 1.54) is 11.3 Å². The van der Waals surface area contributed by atoms with Crippen molar-refractivity contribution < 1.29 is 9.84 Å². The minimum atomic E-state index is 0.201. The molecule has 1 aliphatic heterocycles. The first-order chi connectivity index (χ1) is 15.3. The highest BCUT2D eigenvalue weighted by molar-refractivity contribution is 5.27. The number of nitrogens with zero attached hydrogens (tertiary/aromatic N) is 5. The summed E-state index contributed by atoms with van der Waals surface area (Å²) in [6, 6.07) is 14.7. The summed E-state index contributed by atoms with van der Waals surface area (Å²) in [7, 11) is 0. The van der Waals surface area contributed by atoms with Gasteiger partial charge in [0.25, 0.3) is 0 Å². The van der Waals surface area contributed by atoms with E-state index in [1.54, 1.807) is 12.4 Å². The van der Waals surface area contributed by atoms with Crippen molar-refractivity contribution in [3.05, 3.63) is 72.3 Å². The van der Waals surface area contributed by atoms with Gasteiger partial charge in [-0.2, -0.15) is 0 Å². The highest BCUT2D eigenvalue weighted by Gasteiger charge is 2.27. The lowest BCUT2D eigenvalue weighted by Crippen LogP contribution is -2.52. The molecule has 1 saturated heterocycles. The summed E-state index contributed by atoms with van der Waals surface area (Å²) in [6.07, 6.45) is 6.32. The number of aromatic nitrogens is 3. The van der Waals surface area contributed by atoms with Crippen LogP contribution < -0.4 is 4.74 Å². The van der Waals surface area contributed by atoms with Crippen molar-refractivity contribution in [1.29, 1.82) is 0 Å². The fourth-order valence-electron chi connectivity index (χ4n) is 4.21. The molecule has 2 aromatic heterocycles. The standard InChI is InChI=1S/C24H31N5O2/c1-2-31-23-8-6-20(7-9-23)17-28-15-14-27(18-21(28)10-16-30)19-22-5-3-13-29(22)24-25-11-4-12-26-24/h3-9,11-13,21,30H,2,10,14-19H2,1H3/t21-/m0/s1. The molecule has 31 heavy (non-hydrogen) atoms. The monoisotopic (exact) mass is 421 g/mol. The van der Waals surface area contributed by atoms with E-state index in [0.29, 0.717) is 18.6 Å². The van der Waals surface area contributed by atoms with Gasteiger partial charge in [-0.15, -0.1) is 0 Å². The molecule has 7 heteroatoms. The minimum Gasteiger partial charge on any atom is -0.494 e. The van der Waals surface area contributed by atoms with Crippen molar-refractivity contribution in [1.82, 2.24) is 24.3 Å². The average molecular weight is 422 g/mol. The quantitative estimate of drug-likeness (QED) is 0.573. The van der Waals surface area contributed by atoms with Crippen molar-refractivity contribution >= 4 is 0 Å². The SMILES string of the molecule is CCOc1ccc(CN2CCN(Cc3cccn3-c3ncccn3)C[C@@H]2CCO)cc1. The predicted molar refractivity (Wildman–Crippen MR) is 120 cm³/mol. The van der Waals surface area contributed by atoms with Crippen molar-refractivity contribution in [2.45, 2.75) is 32.5 Å². The molecule has 4 rings (SSSR count). The third-order valence-corrected chi connectivity index (χ3v) is 5.76. The first kappa shape index (κ1) is 21.5. The van der Waals surface area contributed by atoms with Crippen LogP contribution in [-0.4, -0.2) is 68.3 Å². The summed E-state index contributed by atoms with van der Waals surface area (Å²) in [6.45, 7) is 7.49. The van der Waals surface area contributed by atoms with Crippen LogP contribution in [0.4, 0.5) is 0 Å². The first-order valence-corrected chi connectivity index (χ1v) is 11.0. The van der Waals surface area contributed by atoms with Crippen LogP contribution in [0.3, 0.4) is 0 Å². The number of benzene rings is 1. The van der Waals surface area contributed by atoms with Crippen molar-refractivity contribution in [3.63, 3.8) is 0 Å². The van der Waals surface area contributed by atoms with Crippen LogP contribution in [0.15, 0.2) is 61.1 Å². The molecule has 1 fully saturated rings. The predicted octanol–water partition coefficient (Wildman–Crippen LogP) is 2.73. The van der Waals surface area contributed by atoms with Crippen LogP contribution in [-0.2, 0) is 13.1 Å². The molecule has 7 nitrogen and oxygen atoms in total. The Bertz CT molecular complexity index is 929. The molecule has 3 aromatic rings. The molecule has 1 aromatic carbocycles. The largest absolute Gasteiger partial charge is 0.494 e. The molecular formula is C24H31N5O2. The van der Waals surface area contributed by atoms with Crippen LogP contribution in [0.5, 0.6) is 5.75 Å². The number of aliphatic hydroxyl groups is 1. The van der Waals surface area contributed by atoms with E-state index in [9.17, 15) is 5.11 Å². The fraction of sp³-hybridized carbons (Fsp3) is 0.417. The van der Waals surface area contributed by atoms with Crippen LogP contribution in [0.25, 0.3) is 5.95 Å². The van der Waals surface area contributed by atoms with E-state index in [1.807, 2.05) is 42.0 Å². The molecule has 1 aliphatic rings. The second-order valence-corrected chi connectivity index (χ2v) is 7.87. The van der Waals surface area contributed by atoms with Gasteiger partial charge in [0, 0.05) is 69.7 Å². The zero-order valence-electron chi connectivity index (χ0n) is 18.1. The lowest BCUT2D eigenvalue weighted by Gasteiger charge is -2.41. The van der Waals surface area contributed by atoms with E-state index in [2.05, 4.69) is 38.0 Å². The Balaban J connectivity index is 1.40. The zero-order chi connectivity index (χ0) is 21.5. The summed E-state index contributed by atoms with van der Waals surface area (Å²) in [4.78, 5) is 13.7. The molecule has 0 radical (unpaired) electrons. The van der Waals surface area contributed by atoms with Gasteiger partial charge in [0.15, 0.2) is 0 Å². The zero-order valence-corrected chi connectivity index (χ0v) is 18.1. The molecule has 1 N–H and O–H groups in total. The second-order valence-electron chi connectivity index (χ2n) is 7.87. The van der Waals surface area contributed by atoms with Gasteiger partial charge in [0.05, 0.1) is 6.61 Å². The van der Waals surface area contributed by atoms with E-state index < -0.39 is 0 Å². The molecule has 1 atom stereocenters. The van der Waals surface area contributed by atoms with Gasteiger partial charge in [-0.1, -0.05) is 12.1 Å². The molecule has 0 saturated carbocycles. The van der Waals surface area contributed by atoms with Gasteiger partial charge >= 0.3 is 0 Å². The topological polar surface area (TPSA) is 66.7 Å². The lowest BCUT2D eigenvalue weighted by molar-refractivity contribution is 0.0491. The molecule has 0 bridgehead atoms. The maximum atomic E-state index is 9.65. The number of rotatable bonds is 9. The number of ether oxygens (including phenoxy) is 1. The van der Waals surface area contributed by atoms with E-state index in [0.717, 1.165) is 44.9 Å². The van der Waals surface area contributed by atoms with Crippen LogP contribution in [0, 0.1) is 0 Å². The minimum absolute atomic E-state index is 0.201. The van der Waals surface area contributed by atoms with E-state index >= 15 is 0 Å². The molecule has 0 aliphatic carbocycles. The molecule has 0 amide bonds. The summed E-state index contributed by atoms with van der Waals surface area (Å²) in [5.41, 5.74) is 2.45. The Morgan fingerprint density at radius 1 is 1.03 bits per heavy atom. The van der Waals surface area contributed by atoms with Crippen LogP contribution >= 0.6 is 0 Å². The Labute approximate surface area is 183 Å². The van der Waals surface area contributed by atoms with Crippen molar-refractivity contribution in [3.8, 4) is 11.7 Å². The van der Waals surface area contributed by atoms with E-state index in [4.69, 9.17) is 4.74 Å².